The van der Waals surface area contributed by atoms with Gasteiger partial charge in [-0.3, -0.25) is 0 Å². The van der Waals surface area contributed by atoms with E-state index in [9.17, 15) is 0 Å². The zero-order valence-electron chi connectivity index (χ0n) is 15.8. The van der Waals surface area contributed by atoms with E-state index >= 15 is 0 Å². The first-order valence-electron chi connectivity index (χ1n) is 8.91. The number of halogens is 1. The third kappa shape index (κ3) is 3.51. The fourth-order valence-electron chi connectivity index (χ4n) is 3.51. The van der Waals surface area contributed by atoms with Gasteiger partial charge in [0.15, 0.2) is 0 Å². The molecule has 0 amide bonds. The van der Waals surface area contributed by atoms with Gasteiger partial charge >= 0.3 is 8.32 Å². The molecule has 0 aromatic heterocycles. The molecule has 0 bridgehead atoms. The first-order chi connectivity index (χ1) is 12.3. The van der Waals surface area contributed by atoms with E-state index in [-0.39, 0.29) is 5.04 Å². The summed E-state index contributed by atoms with van der Waals surface area (Å²) in [5.74, 6) is 0.931. The maximum Gasteiger partial charge on any atom is 0.319 e. The van der Waals surface area contributed by atoms with Crippen molar-refractivity contribution in [2.24, 2.45) is 0 Å². The van der Waals surface area contributed by atoms with E-state index in [1.807, 2.05) is 0 Å². The molecule has 3 heteroatoms. The van der Waals surface area contributed by atoms with Gasteiger partial charge in [-0.05, 0) is 46.1 Å². The van der Waals surface area contributed by atoms with E-state index in [0.717, 1.165) is 10.2 Å². The molecule has 0 aliphatic carbocycles. The second kappa shape index (κ2) is 7.41. The summed E-state index contributed by atoms with van der Waals surface area (Å²) in [6.45, 7) is 8.99. The van der Waals surface area contributed by atoms with Crippen molar-refractivity contribution < 1.29 is 4.43 Å². The Hall–Kier alpha value is -1.84. The Labute approximate surface area is 166 Å². The predicted molar refractivity (Wildman–Crippen MR) is 117 cm³/mol. The molecule has 134 valence electrons. The highest BCUT2D eigenvalue weighted by molar-refractivity contribution is 9.10. The summed E-state index contributed by atoms with van der Waals surface area (Å²) in [5, 5.41) is 2.55. The van der Waals surface area contributed by atoms with Gasteiger partial charge in [0.25, 0.3) is 0 Å². The molecule has 0 unspecified atom stereocenters. The van der Waals surface area contributed by atoms with Gasteiger partial charge < -0.3 is 4.43 Å². The van der Waals surface area contributed by atoms with Crippen LogP contribution in [0.15, 0.2) is 83.3 Å². The molecular weight excluding hydrogens is 400 g/mol. The van der Waals surface area contributed by atoms with Crippen LogP contribution < -0.4 is 14.8 Å². The molecule has 0 spiro atoms. The summed E-state index contributed by atoms with van der Waals surface area (Å²) in [6.07, 6.45) is 0. The van der Waals surface area contributed by atoms with Crippen LogP contribution in [0.2, 0.25) is 5.04 Å². The van der Waals surface area contributed by atoms with Crippen LogP contribution in [0.5, 0.6) is 5.75 Å². The lowest BCUT2D eigenvalue weighted by atomic mass is 10.2. The van der Waals surface area contributed by atoms with Gasteiger partial charge in [0.1, 0.15) is 5.75 Å². The Morgan fingerprint density at radius 2 is 1.27 bits per heavy atom. The molecular formula is C23H25BrOSi. The van der Waals surface area contributed by atoms with Crippen molar-refractivity contribution in [1.29, 1.82) is 0 Å². The third-order valence-corrected chi connectivity index (χ3v) is 10.7. The van der Waals surface area contributed by atoms with E-state index in [2.05, 4.69) is 122 Å². The monoisotopic (exact) mass is 424 g/mol. The van der Waals surface area contributed by atoms with Crippen LogP contribution in [-0.2, 0) is 0 Å². The molecule has 3 aromatic carbocycles. The average Bonchev–Trinajstić information content (AvgIpc) is 2.63. The third-order valence-electron chi connectivity index (χ3n) is 4.82. The maximum atomic E-state index is 6.99. The van der Waals surface area contributed by atoms with E-state index in [1.165, 1.54) is 15.9 Å². The summed E-state index contributed by atoms with van der Waals surface area (Å²) >= 11 is 3.59. The van der Waals surface area contributed by atoms with Gasteiger partial charge in [-0.1, -0.05) is 97.4 Å². The molecule has 0 aliphatic rings. The minimum atomic E-state index is -2.55. The van der Waals surface area contributed by atoms with E-state index < -0.39 is 8.32 Å². The second-order valence-corrected chi connectivity index (χ2v) is 12.8. The van der Waals surface area contributed by atoms with Gasteiger partial charge in [-0.2, -0.15) is 0 Å². The number of hydrogen-bond acceptors (Lipinski definition) is 1. The van der Waals surface area contributed by atoms with Gasteiger partial charge in [-0.25, -0.2) is 0 Å². The number of rotatable bonds is 4. The van der Waals surface area contributed by atoms with Gasteiger partial charge in [0, 0.05) is 4.47 Å². The molecule has 3 rings (SSSR count). The molecule has 3 aromatic rings. The highest BCUT2D eigenvalue weighted by Crippen LogP contribution is 2.38. The standard InChI is InChI=1S/C23H25BrOSi/c1-18-17-19(15-16-22(18)24)25-26(23(2,3)4,20-11-7-5-8-12-20)21-13-9-6-10-14-21/h5-17H,1-4H3. The maximum absolute atomic E-state index is 6.99. The highest BCUT2D eigenvalue weighted by Gasteiger charge is 2.52. The summed E-state index contributed by atoms with van der Waals surface area (Å²) in [7, 11) is -2.55. The zero-order chi connectivity index (χ0) is 18.8. The van der Waals surface area contributed by atoms with Crippen LogP contribution in [0.4, 0.5) is 0 Å². The van der Waals surface area contributed by atoms with Gasteiger partial charge in [0.2, 0.25) is 0 Å². The summed E-state index contributed by atoms with van der Waals surface area (Å²) in [4.78, 5) is 0. The SMILES string of the molecule is Cc1cc(O[Si](c2ccccc2)(c2ccccc2)C(C)(C)C)ccc1Br. The minimum Gasteiger partial charge on any atom is -0.534 e. The molecule has 26 heavy (non-hydrogen) atoms. The fraction of sp³-hybridized carbons (Fsp3) is 0.217. The highest BCUT2D eigenvalue weighted by atomic mass is 79.9. The van der Waals surface area contributed by atoms with Crippen molar-refractivity contribution in [3.05, 3.63) is 88.9 Å². The van der Waals surface area contributed by atoms with Crippen molar-refractivity contribution in [2.75, 3.05) is 0 Å². The average molecular weight is 425 g/mol. The van der Waals surface area contributed by atoms with Crippen LogP contribution in [0, 0.1) is 6.92 Å². The van der Waals surface area contributed by atoms with Crippen LogP contribution in [-0.4, -0.2) is 8.32 Å². The first kappa shape index (κ1) is 18.9. The molecule has 0 radical (unpaired) electrons. The Bertz CT molecular complexity index is 830. The van der Waals surface area contributed by atoms with Crippen LogP contribution >= 0.6 is 15.9 Å². The molecule has 0 aliphatic heterocycles. The quantitative estimate of drug-likeness (QED) is 0.488. The lowest BCUT2D eigenvalue weighted by molar-refractivity contribution is 0.507. The smallest absolute Gasteiger partial charge is 0.319 e. The summed E-state index contributed by atoms with van der Waals surface area (Å²) in [6, 6.07) is 27.7. The van der Waals surface area contributed by atoms with Gasteiger partial charge in [-0.15, -0.1) is 0 Å². The van der Waals surface area contributed by atoms with Crippen LogP contribution in [0.1, 0.15) is 26.3 Å². The Balaban J connectivity index is 2.25. The number of benzene rings is 3. The van der Waals surface area contributed by atoms with Crippen molar-refractivity contribution >= 4 is 34.6 Å². The van der Waals surface area contributed by atoms with E-state index in [0.29, 0.717) is 0 Å². The molecule has 0 fully saturated rings. The van der Waals surface area contributed by atoms with Crippen molar-refractivity contribution in [3.63, 3.8) is 0 Å². The fourth-order valence-corrected chi connectivity index (χ4v) is 8.16. The molecule has 0 atom stereocenters. The first-order valence-corrected chi connectivity index (χ1v) is 11.6. The Morgan fingerprint density at radius 1 is 0.769 bits per heavy atom. The lowest BCUT2D eigenvalue weighted by Gasteiger charge is -2.43. The Kier molecular flexibility index (Phi) is 5.40. The van der Waals surface area contributed by atoms with Crippen LogP contribution in [0.25, 0.3) is 0 Å². The summed E-state index contributed by atoms with van der Waals surface area (Å²) in [5.41, 5.74) is 1.18. The molecule has 0 heterocycles. The normalized spacial score (nSPS) is 12.0. The topological polar surface area (TPSA) is 9.23 Å². The molecule has 0 saturated carbocycles. The number of hydrogen-bond donors (Lipinski definition) is 0. The van der Waals surface area contributed by atoms with E-state index in [1.54, 1.807) is 0 Å². The zero-order valence-corrected chi connectivity index (χ0v) is 18.4. The number of aryl methyl sites for hydroxylation is 1. The minimum absolute atomic E-state index is 0.0311. The predicted octanol–water partition coefficient (Wildman–Crippen LogP) is 5.70. The van der Waals surface area contributed by atoms with Crippen LogP contribution in [0.3, 0.4) is 0 Å². The largest absolute Gasteiger partial charge is 0.534 e. The lowest BCUT2D eigenvalue weighted by Crippen LogP contribution is -2.68. The summed E-state index contributed by atoms with van der Waals surface area (Å²) < 4.78 is 8.10. The second-order valence-electron chi connectivity index (χ2n) is 7.68. The van der Waals surface area contributed by atoms with Gasteiger partial charge in [0.05, 0.1) is 0 Å². The molecule has 0 saturated heterocycles. The van der Waals surface area contributed by atoms with Crippen molar-refractivity contribution in [1.82, 2.24) is 0 Å². The molecule has 0 N–H and O–H groups in total. The molecule has 1 nitrogen and oxygen atoms in total. The van der Waals surface area contributed by atoms with Crippen molar-refractivity contribution in [2.45, 2.75) is 32.7 Å². The Morgan fingerprint density at radius 3 is 1.69 bits per heavy atom. The van der Waals surface area contributed by atoms with Crippen molar-refractivity contribution in [3.8, 4) is 5.75 Å². The van der Waals surface area contributed by atoms with E-state index in [4.69, 9.17) is 4.43 Å².